The fraction of sp³-hybridized carbons (Fsp3) is 0.800. The van der Waals surface area contributed by atoms with Crippen LogP contribution in [0.2, 0.25) is 0 Å². The first-order chi connectivity index (χ1) is 7.01. The second-order valence-electron chi connectivity index (χ2n) is 4.26. The largest absolute Gasteiger partial charge is 0.383 e. The van der Waals surface area contributed by atoms with Crippen molar-refractivity contribution in [2.24, 2.45) is 5.73 Å². The van der Waals surface area contributed by atoms with E-state index in [1.165, 1.54) is 0 Å². The van der Waals surface area contributed by atoms with Crippen LogP contribution in [0.25, 0.3) is 0 Å². The smallest absolute Gasteiger partial charge is 0.232 e. The molecule has 5 nitrogen and oxygen atoms in total. The molecule has 1 heterocycles. The molecule has 0 amide bonds. The van der Waals surface area contributed by atoms with Gasteiger partial charge in [-0.25, -0.2) is 0 Å². The van der Waals surface area contributed by atoms with E-state index in [4.69, 9.17) is 15.0 Å². The van der Waals surface area contributed by atoms with Crippen LogP contribution in [-0.2, 0) is 10.2 Å². The Kier molecular flexibility index (Phi) is 3.82. The van der Waals surface area contributed by atoms with E-state index in [0.717, 1.165) is 6.42 Å². The molecule has 0 fully saturated rings. The third kappa shape index (κ3) is 2.76. The summed E-state index contributed by atoms with van der Waals surface area (Å²) in [6.45, 7) is 6.60. The Labute approximate surface area is 90.0 Å². The maximum absolute atomic E-state index is 5.79. The molecule has 15 heavy (non-hydrogen) atoms. The predicted molar refractivity (Wildman–Crippen MR) is 56.4 cm³/mol. The van der Waals surface area contributed by atoms with E-state index < -0.39 is 0 Å². The first-order valence-corrected chi connectivity index (χ1v) is 5.10. The van der Waals surface area contributed by atoms with E-state index in [1.54, 1.807) is 7.11 Å². The lowest BCUT2D eigenvalue weighted by Gasteiger charge is -2.16. The van der Waals surface area contributed by atoms with E-state index >= 15 is 0 Å². The predicted octanol–water partition coefficient (Wildman–Crippen LogP) is 1.40. The SMILES string of the molecule is CCC(C)(C)c1nc(C(N)COC)no1. The molecule has 1 aromatic heterocycles. The Balaban J connectivity index is 2.80. The van der Waals surface area contributed by atoms with Gasteiger partial charge in [-0.15, -0.1) is 0 Å². The monoisotopic (exact) mass is 213 g/mol. The molecular weight excluding hydrogens is 194 g/mol. The first-order valence-electron chi connectivity index (χ1n) is 5.10. The number of nitrogens with two attached hydrogens (primary N) is 1. The highest BCUT2D eigenvalue weighted by molar-refractivity contribution is 5.02. The zero-order chi connectivity index (χ0) is 11.5. The van der Waals surface area contributed by atoms with E-state index in [-0.39, 0.29) is 11.5 Å². The maximum Gasteiger partial charge on any atom is 0.232 e. The molecule has 1 unspecified atom stereocenters. The van der Waals surface area contributed by atoms with Gasteiger partial charge < -0.3 is 15.0 Å². The van der Waals surface area contributed by atoms with E-state index in [2.05, 4.69) is 30.9 Å². The second kappa shape index (κ2) is 4.72. The number of aromatic nitrogens is 2. The molecule has 0 spiro atoms. The summed E-state index contributed by atoms with van der Waals surface area (Å²) in [6, 6.07) is -0.319. The minimum atomic E-state index is -0.319. The Morgan fingerprint density at radius 2 is 2.20 bits per heavy atom. The van der Waals surface area contributed by atoms with Gasteiger partial charge in [-0.1, -0.05) is 25.9 Å². The molecule has 86 valence electrons. The highest BCUT2D eigenvalue weighted by Crippen LogP contribution is 2.25. The summed E-state index contributed by atoms with van der Waals surface area (Å²) in [7, 11) is 1.59. The Morgan fingerprint density at radius 3 is 2.73 bits per heavy atom. The summed E-state index contributed by atoms with van der Waals surface area (Å²) in [5.74, 6) is 1.14. The van der Waals surface area contributed by atoms with Crippen LogP contribution in [0.15, 0.2) is 4.52 Å². The third-order valence-corrected chi connectivity index (χ3v) is 2.58. The average molecular weight is 213 g/mol. The molecule has 0 aromatic carbocycles. The maximum atomic E-state index is 5.79. The number of nitrogens with zero attached hydrogens (tertiary/aromatic N) is 2. The van der Waals surface area contributed by atoms with Crippen molar-refractivity contribution in [2.75, 3.05) is 13.7 Å². The van der Waals surface area contributed by atoms with E-state index in [1.807, 2.05) is 0 Å². The molecule has 0 aliphatic heterocycles. The van der Waals surface area contributed by atoms with E-state index in [0.29, 0.717) is 18.3 Å². The van der Waals surface area contributed by atoms with Gasteiger partial charge in [-0.2, -0.15) is 4.98 Å². The van der Waals surface area contributed by atoms with Gasteiger partial charge in [0.1, 0.15) is 0 Å². The Bertz CT molecular complexity index is 309. The lowest BCUT2D eigenvalue weighted by molar-refractivity contribution is 0.177. The van der Waals surface area contributed by atoms with Gasteiger partial charge in [0.05, 0.1) is 12.6 Å². The summed E-state index contributed by atoms with van der Waals surface area (Å²) in [5, 5.41) is 3.86. The second-order valence-corrected chi connectivity index (χ2v) is 4.26. The molecule has 0 bridgehead atoms. The van der Waals surface area contributed by atoms with Crippen molar-refractivity contribution < 1.29 is 9.26 Å². The van der Waals surface area contributed by atoms with Crippen molar-refractivity contribution >= 4 is 0 Å². The van der Waals surface area contributed by atoms with Gasteiger partial charge in [-0.05, 0) is 6.42 Å². The lowest BCUT2D eigenvalue weighted by atomic mass is 9.90. The van der Waals surface area contributed by atoms with Crippen LogP contribution in [0, 0.1) is 0 Å². The van der Waals surface area contributed by atoms with Crippen molar-refractivity contribution in [1.29, 1.82) is 0 Å². The van der Waals surface area contributed by atoms with Crippen molar-refractivity contribution in [2.45, 2.75) is 38.6 Å². The van der Waals surface area contributed by atoms with Gasteiger partial charge >= 0.3 is 0 Å². The molecule has 0 radical (unpaired) electrons. The standard InChI is InChI=1S/C10H19N3O2/c1-5-10(2,3)9-12-8(13-15-9)7(11)6-14-4/h7H,5-6,11H2,1-4H3. The van der Waals surface area contributed by atoms with Crippen molar-refractivity contribution in [3.63, 3.8) is 0 Å². The van der Waals surface area contributed by atoms with Crippen molar-refractivity contribution in [3.8, 4) is 0 Å². The van der Waals surface area contributed by atoms with Crippen molar-refractivity contribution in [1.82, 2.24) is 10.1 Å². The highest BCUT2D eigenvalue weighted by Gasteiger charge is 2.26. The van der Waals surface area contributed by atoms with Crippen LogP contribution < -0.4 is 5.73 Å². The fourth-order valence-corrected chi connectivity index (χ4v) is 1.07. The zero-order valence-corrected chi connectivity index (χ0v) is 9.78. The van der Waals surface area contributed by atoms with Crippen molar-refractivity contribution in [3.05, 3.63) is 11.7 Å². The van der Waals surface area contributed by atoms with E-state index in [9.17, 15) is 0 Å². The number of methoxy groups -OCH3 is 1. The quantitative estimate of drug-likeness (QED) is 0.800. The lowest BCUT2D eigenvalue weighted by Crippen LogP contribution is -2.19. The molecule has 1 aromatic rings. The summed E-state index contributed by atoms with van der Waals surface area (Å²) in [4.78, 5) is 4.29. The summed E-state index contributed by atoms with van der Waals surface area (Å²) in [6.07, 6.45) is 0.939. The average Bonchev–Trinajstić information content (AvgIpc) is 2.67. The van der Waals surface area contributed by atoms with Crippen LogP contribution in [0.3, 0.4) is 0 Å². The van der Waals surface area contributed by atoms with Gasteiger partial charge in [0, 0.05) is 12.5 Å². The minimum Gasteiger partial charge on any atom is -0.383 e. The first kappa shape index (κ1) is 12.1. The van der Waals surface area contributed by atoms with Gasteiger partial charge in [0.25, 0.3) is 0 Å². The molecule has 0 aliphatic carbocycles. The molecule has 5 heteroatoms. The molecule has 1 rings (SSSR count). The van der Waals surface area contributed by atoms with Gasteiger partial charge in [0.15, 0.2) is 5.82 Å². The van der Waals surface area contributed by atoms with Crippen LogP contribution >= 0.6 is 0 Å². The molecule has 2 N–H and O–H groups in total. The number of rotatable bonds is 5. The fourth-order valence-electron chi connectivity index (χ4n) is 1.07. The van der Waals surface area contributed by atoms with Crippen LogP contribution in [0.5, 0.6) is 0 Å². The van der Waals surface area contributed by atoms with Gasteiger partial charge in [-0.3, -0.25) is 0 Å². The van der Waals surface area contributed by atoms with Crippen LogP contribution in [-0.4, -0.2) is 23.9 Å². The molecular formula is C10H19N3O2. The molecule has 0 saturated carbocycles. The highest BCUT2D eigenvalue weighted by atomic mass is 16.5. The Morgan fingerprint density at radius 1 is 1.53 bits per heavy atom. The van der Waals surface area contributed by atoms with Crippen LogP contribution in [0.4, 0.5) is 0 Å². The zero-order valence-electron chi connectivity index (χ0n) is 9.78. The third-order valence-electron chi connectivity index (χ3n) is 2.58. The minimum absolute atomic E-state index is 0.0992. The topological polar surface area (TPSA) is 74.2 Å². The van der Waals surface area contributed by atoms with Gasteiger partial charge in [0.2, 0.25) is 5.89 Å². The molecule has 0 aliphatic rings. The summed E-state index contributed by atoms with van der Waals surface area (Å²) < 4.78 is 10.1. The van der Waals surface area contributed by atoms with Crippen LogP contribution in [0.1, 0.15) is 44.9 Å². The molecule has 0 saturated heterocycles. The normalized spacial score (nSPS) is 14.2. The number of hydrogen-bond acceptors (Lipinski definition) is 5. The number of hydrogen-bond donors (Lipinski definition) is 1. The Hall–Kier alpha value is -0.940. The number of ether oxygens (including phenoxy) is 1. The summed E-state index contributed by atoms with van der Waals surface area (Å²) >= 11 is 0. The molecule has 1 atom stereocenters. The summed E-state index contributed by atoms with van der Waals surface area (Å²) in [5.41, 5.74) is 5.69.